The summed E-state index contributed by atoms with van der Waals surface area (Å²) in [7, 11) is -7.75. The van der Waals surface area contributed by atoms with Crippen LogP contribution in [0.4, 0.5) is 30.9 Å². The van der Waals surface area contributed by atoms with Gasteiger partial charge in [0.2, 0.25) is 6.41 Å². The first-order valence-electron chi connectivity index (χ1n) is 9.18. The van der Waals surface area contributed by atoms with Crippen LogP contribution in [0.3, 0.4) is 0 Å². The Kier molecular flexibility index (Phi) is 6.38. The van der Waals surface area contributed by atoms with Gasteiger partial charge < -0.3 is 20.0 Å². The first kappa shape index (κ1) is 24.9. The zero-order valence-electron chi connectivity index (χ0n) is 17.2. The van der Waals surface area contributed by atoms with Gasteiger partial charge in [-0.1, -0.05) is 38.4 Å². The highest BCUT2D eigenvalue weighted by atomic mass is 32.5. The SMILES string of the molecule is CC(C)(CO)c1cc(NC=O)no1.CN1CCCN1c1ccc(S(F)(F)(F)(F)F)cc1. The number of anilines is 2. The van der Waals surface area contributed by atoms with Gasteiger partial charge in [-0.25, -0.2) is 5.01 Å². The molecule has 31 heavy (non-hydrogen) atoms. The van der Waals surface area contributed by atoms with E-state index in [2.05, 4.69) is 10.5 Å². The number of aliphatic hydroxyl groups is 1. The Balaban J connectivity index is 0.000000233. The smallest absolute Gasteiger partial charge is 0.310 e. The van der Waals surface area contributed by atoms with Crippen molar-refractivity contribution in [2.24, 2.45) is 0 Å². The summed E-state index contributed by atoms with van der Waals surface area (Å²) in [4.78, 5) is 8.21. The number of halogens is 5. The molecule has 176 valence electrons. The van der Waals surface area contributed by atoms with Crippen LogP contribution in [-0.4, -0.2) is 48.4 Å². The average molecular weight is 472 g/mol. The number of aromatic nitrogens is 1. The average Bonchev–Trinajstić information content (AvgIpc) is 3.30. The van der Waals surface area contributed by atoms with E-state index >= 15 is 0 Å². The molecule has 2 heterocycles. The minimum absolute atomic E-state index is 0.0390. The maximum absolute atomic E-state index is 12.5. The third-order valence-corrected chi connectivity index (χ3v) is 5.79. The lowest BCUT2D eigenvalue weighted by Crippen LogP contribution is -2.32. The van der Waals surface area contributed by atoms with Crippen molar-refractivity contribution in [1.82, 2.24) is 10.2 Å². The lowest BCUT2D eigenvalue weighted by molar-refractivity contribution is -0.105. The van der Waals surface area contributed by atoms with Gasteiger partial charge in [-0.2, -0.15) is 0 Å². The quantitative estimate of drug-likeness (QED) is 0.459. The Bertz CT molecular complexity index is 904. The molecule has 0 unspecified atom stereocenters. The molecule has 3 rings (SSSR count). The Labute approximate surface area is 176 Å². The summed E-state index contributed by atoms with van der Waals surface area (Å²) in [5.74, 6) is 0.894. The molecule has 0 radical (unpaired) electrons. The van der Waals surface area contributed by atoms with Crippen molar-refractivity contribution in [1.29, 1.82) is 0 Å². The highest BCUT2D eigenvalue weighted by molar-refractivity contribution is 8.45. The van der Waals surface area contributed by atoms with E-state index in [9.17, 15) is 24.2 Å². The second-order valence-corrected chi connectivity index (χ2v) is 10.1. The number of hydrogen-bond donors (Lipinski definition) is 2. The van der Waals surface area contributed by atoms with Crippen LogP contribution >= 0.6 is 10.2 Å². The summed E-state index contributed by atoms with van der Waals surface area (Å²) in [5, 5.41) is 18.6. The van der Waals surface area contributed by atoms with Crippen molar-refractivity contribution in [3.63, 3.8) is 0 Å². The molecule has 0 bridgehead atoms. The summed E-state index contributed by atoms with van der Waals surface area (Å²) < 4.78 is 67.5. The maximum atomic E-state index is 12.5. The van der Waals surface area contributed by atoms with Gasteiger partial charge in [-0.15, -0.1) is 0 Å². The van der Waals surface area contributed by atoms with Crippen LogP contribution in [0.15, 0.2) is 39.8 Å². The molecule has 0 spiro atoms. The Morgan fingerprint density at radius 1 is 1.19 bits per heavy atom. The van der Waals surface area contributed by atoms with Crippen LogP contribution in [0.1, 0.15) is 26.0 Å². The number of aliphatic hydroxyl groups excluding tert-OH is 1. The molecule has 1 aromatic carbocycles. The van der Waals surface area contributed by atoms with E-state index in [-0.39, 0.29) is 6.61 Å². The van der Waals surface area contributed by atoms with Crippen molar-refractivity contribution in [3.8, 4) is 0 Å². The summed E-state index contributed by atoms with van der Waals surface area (Å²) in [6.07, 6.45) is 1.41. The number of rotatable bonds is 6. The molecule has 0 atom stereocenters. The predicted octanol–water partition coefficient (Wildman–Crippen LogP) is 4.91. The fourth-order valence-corrected chi connectivity index (χ4v) is 3.39. The molecule has 2 N–H and O–H groups in total. The van der Waals surface area contributed by atoms with Crippen molar-refractivity contribution in [2.75, 3.05) is 37.1 Å². The minimum atomic E-state index is -9.55. The van der Waals surface area contributed by atoms with Crippen LogP contribution in [0, 0.1) is 0 Å². The normalized spacial score (nSPS) is 17.4. The highest BCUT2D eigenvalue weighted by Crippen LogP contribution is 3.02. The number of carbonyl (C=O) groups is 1. The summed E-state index contributed by atoms with van der Waals surface area (Å²) in [6, 6.07) is 4.64. The Morgan fingerprint density at radius 3 is 2.26 bits per heavy atom. The fraction of sp³-hybridized carbons (Fsp3) is 0.444. The molecule has 1 aliphatic rings. The molecule has 0 saturated carbocycles. The third-order valence-electron chi connectivity index (χ3n) is 4.62. The summed E-state index contributed by atoms with van der Waals surface area (Å²) in [5.41, 5.74) is 0.0103. The molecule has 1 amide bonds. The topological polar surface area (TPSA) is 81.8 Å². The molecule has 1 aliphatic heterocycles. The lowest BCUT2D eigenvalue weighted by Gasteiger charge is -2.40. The first-order valence-corrected chi connectivity index (χ1v) is 11.1. The molecule has 1 fully saturated rings. The van der Waals surface area contributed by atoms with Gasteiger partial charge in [0, 0.05) is 31.6 Å². The maximum Gasteiger partial charge on any atom is 0.310 e. The van der Waals surface area contributed by atoms with E-state index in [0.29, 0.717) is 42.4 Å². The van der Waals surface area contributed by atoms with Crippen LogP contribution < -0.4 is 10.3 Å². The van der Waals surface area contributed by atoms with Crippen molar-refractivity contribution < 1.29 is 33.9 Å². The molecule has 1 saturated heterocycles. The minimum Gasteiger partial charge on any atom is -0.395 e. The number of carbonyl (C=O) groups excluding carboxylic acids is 1. The second-order valence-electron chi connectivity index (χ2n) is 7.70. The zero-order valence-corrected chi connectivity index (χ0v) is 18.0. The van der Waals surface area contributed by atoms with Gasteiger partial charge in [0.05, 0.1) is 12.3 Å². The van der Waals surface area contributed by atoms with Gasteiger partial charge in [-0.05, 0) is 30.7 Å². The van der Waals surface area contributed by atoms with Gasteiger partial charge in [0.25, 0.3) is 0 Å². The molecule has 0 aliphatic carbocycles. The van der Waals surface area contributed by atoms with Crippen LogP contribution in [-0.2, 0) is 10.2 Å². The number of hydrazine groups is 1. The molecule has 1 aromatic heterocycles. The lowest BCUT2D eigenvalue weighted by atomic mass is 9.92. The van der Waals surface area contributed by atoms with E-state index in [4.69, 9.17) is 9.63 Å². The van der Waals surface area contributed by atoms with E-state index < -0.39 is 20.5 Å². The predicted molar refractivity (Wildman–Crippen MR) is 109 cm³/mol. The number of nitrogens with zero attached hydrogens (tertiary/aromatic N) is 3. The summed E-state index contributed by atoms with van der Waals surface area (Å²) >= 11 is 0. The molecular weight excluding hydrogens is 447 g/mol. The number of benzene rings is 1. The largest absolute Gasteiger partial charge is 0.395 e. The van der Waals surface area contributed by atoms with E-state index in [0.717, 1.165) is 25.1 Å². The molecule has 2 aromatic rings. The van der Waals surface area contributed by atoms with Gasteiger partial charge in [0.15, 0.2) is 5.82 Å². The van der Waals surface area contributed by atoms with Gasteiger partial charge in [-0.3, -0.25) is 4.79 Å². The molecular formula is C18H25F5N4O3S. The van der Waals surface area contributed by atoms with Crippen LogP contribution in [0.2, 0.25) is 0 Å². The number of amides is 1. The standard InChI is InChI=1S/C10H13F5N2S.C8H12N2O3/c1-16-7-2-8-17(16)9-3-5-10(6-4-9)18(11,12,13,14)15;1-8(2,4-11)6-3-7(9-5-12)10-13-6/h3-6H,2,7-8H2,1H3;3,5,11H,4H2,1-2H3,(H,9,10,12). The van der Waals surface area contributed by atoms with Crippen LogP contribution in [0.25, 0.3) is 0 Å². The zero-order chi connectivity index (χ0) is 23.6. The van der Waals surface area contributed by atoms with E-state index in [1.165, 1.54) is 0 Å². The summed E-state index contributed by atoms with van der Waals surface area (Å²) in [6.45, 7) is 5.06. The Hall–Kier alpha value is -2.38. The second kappa shape index (κ2) is 7.95. The molecule has 13 heteroatoms. The van der Waals surface area contributed by atoms with Crippen molar-refractivity contribution >= 4 is 28.1 Å². The monoisotopic (exact) mass is 472 g/mol. The van der Waals surface area contributed by atoms with Crippen molar-refractivity contribution in [3.05, 3.63) is 36.1 Å². The van der Waals surface area contributed by atoms with Gasteiger partial charge in [0.1, 0.15) is 10.7 Å². The fourth-order valence-electron chi connectivity index (χ4n) is 2.74. The third kappa shape index (κ3) is 6.55. The van der Waals surface area contributed by atoms with Crippen LogP contribution in [0.5, 0.6) is 0 Å². The number of hydrogen-bond acceptors (Lipinski definition) is 6. The number of nitrogens with one attached hydrogen (secondary N) is 1. The first-order chi connectivity index (χ1) is 14.1. The molecule has 7 nitrogen and oxygen atoms in total. The van der Waals surface area contributed by atoms with Gasteiger partial charge >= 0.3 is 10.2 Å². The highest BCUT2D eigenvalue weighted by Gasteiger charge is 2.65. The van der Waals surface area contributed by atoms with E-state index in [1.807, 2.05) is 18.9 Å². The Morgan fingerprint density at radius 2 is 1.81 bits per heavy atom. The van der Waals surface area contributed by atoms with Crippen molar-refractivity contribution in [2.45, 2.75) is 30.6 Å². The van der Waals surface area contributed by atoms with E-state index in [1.54, 1.807) is 18.1 Å².